The lowest BCUT2D eigenvalue weighted by Gasteiger charge is -2.24. The Morgan fingerprint density at radius 3 is 2.40 bits per heavy atom. The smallest absolute Gasteiger partial charge is 0.409 e. The van der Waals surface area contributed by atoms with Gasteiger partial charge in [0.25, 0.3) is 0 Å². The normalized spacial score (nSPS) is 11.1. The van der Waals surface area contributed by atoms with E-state index in [0.717, 1.165) is 5.56 Å². The van der Waals surface area contributed by atoms with Gasteiger partial charge in [-0.05, 0) is 38.0 Å². The van der Waals surface area contributed by atoms with Gasteiger partial charge in [-0.15, -0.1) is 0 Å². The Bertz CT molecular complexity index is 420. The molecule has 0 radical (unpaired) electrons. The van der Waals surface area contributed by atoms with E-state index < -0.39 is 0 Å². The number of ether oxygens (including phenoxy) is 1. The second-order valence-electron chi connectivity index (χ2n) is 4.19. The van der Waals surface area contributed by atoms with E-state index in [-0.39, 0.29) is 23.6 Å². The van der Waals surface area contributed by atoms with Gasteiger partial charge in [-0.3, -0.25) is 0 Å². The summed E-state index contributed by atoms with van der Waals surface area (Å²) in [7, 11) is 1.67. The highest BCUT2D eigenvalue weighted by atomic mass is 16.6. The van der Waals surface area contributed by atoms with Crippen molar-refractivity contribution in [1.29, 1.82) is 0 Å². The van der Waals surface area contributed by atoms with Crippen molar-refractivity contribution in [3.8, 4) is 11.5 Å². The lowest BCUT2D eigenvalue weighted by molar-refractivity contribution is 0.104. The number of aromatic hydroxyl groups is 2. The summed E-state index contributed by atoms with van der Waals surface area (Å²) in [6, 6.07) is 4.57. The first-order valence-corrected chi connectivity index (χ1v) is 6.86. The van der Waals surface area contributed by atoms with Gasteiger partial charge in [-0.25, -0.2) is 4.79 Å². The molecule has 2 N–H and O–H groups in total. The fraction of sp³-hybridized carbons (Fsp3) is 0.533. The molecule has 0 aromatic heterocycles. The van der Waals surface area contributed by atoms with Crippen molar-refractivity contribution in [2.45, 2.75) is 40.2 Å². The average Bonchev–Trinajstić information content (AvgIpc) is 2.44. The standard InChI is InChI=1S/C13H19NO4.C2H6/c1-4-18-13(17)14(3)9(2)7-10-5-6-11(15)12(16)8-10;1-2/h5-6,8-9,15-16H,4,7H2,1-3H3;1-2H3. The van der Waals surface area contributed by atoms with Crippen molar-refractivity contribution in [1.82, 2.24) is 4.90 Å². The number of rotatable bonds is 4. The first-order valence-electron chi connectivity index (χ1n) is 6.86. The monoisotopic (exact) mass is 283 g/mol. The van der Waals surface area contributed by atoms with Crippen LogP contribution in [0.3, 0.4) is 0 Å². The van der Waals surface area contributed by atoms with Crippen LogP contribution >= 0.6 is 0 Å². The third-order valence-corrected chi connectivity index (χ3v) is 2.79. The molecule has 1 amide bonds. The van der Waals surface area contributed by atoms with Crippen LogP contribution in [0, 0.1) is 0 Å². The Morgan fingerprint density at radius 1 is 1.30 bits per heavy atom. The molecule has 0 aliphatic heterocycles. The predicted molar refractivity (Wildman–Crippen MR) is 79.1 cm³/mol. The van der Waals surface area contributed by atoms with E-state index in [0.29, 0.717) is 13.0 Å². The van der Waals surface area contributed by atoms with E-state index in [2.05, 4.69) is 0 Å². The lowest BCUT2D eigenvalue weighted by atomic mass is 10.1. The summed E-state index contributed by atoms with van der Waals surface area (Å²) in [5, 5.41) is 18.6. The number of benzene rings is 1. The van der Waals surface area contributed by atoms with E-state index in [1.165, 1.54) is 17.0 Å². The topological polar surface area (TPSA) is 70.0 Å². The predicted octanol–water partition coefficient (Wildman–Crippen LogP) is 3.14. The Kier molecular flexibility index (Phi) is 8.20. The van der Waals surface area contributed by atoms with Gasteiger partial charge in [0.05, 0.1) is 6.61 Å². The maximum atomic E-state index is 11.5. The van der Waals surface area contributed by atoms with E-state index in [4.69, 9.17) is 4.74 Å². The molecule has 5 nitrogen and oxygen atoms in total. The Labute approximate surface area is 120 Å². The third-order valence-electron chi connectivity index (χ3n) is 2.79. The number of hydrogen-bond acceptors (Lipinski definition) is 4. The van der Waals surface area contributed by atoms with Crippen molar-refractivity contribution in [3.05, 3.63) is 23.8 Å². The zero-order valence-electron chi connectivity index (χ0n) is 12.9. The molecule has 0 aliphatic rings. The molecule has 0 bridgehead atoms. The second-order valence-corrected chi connectivity index (χ2v) is 4.19. The highest BCUT2D eigenvalue weighted by molar-refractivity contribution is 5.67. The summed E-state index contributed by atoms with van der Waals surface area (Å²) in [5.41, 5.74) is 0.842. The van der Waals surface area contributed by atoms with Crippen LogP contribution in [0.25, 0.3) is 0 Å². The van der Waals surface area contributed by atoms with Crippen molar-refractivity contribution < 1.29 is 19.7 Å². The number of nitrogens with zero attached hydrogens (tertiary/aromatic N) is 1. The third kappa shape index (κ3) is 5.38. The lowest BCUT2D eigenvalue weighted by Crippen LogP contribution is -2.36. The molecular formula is C15H25NO4. The molecule has 0 spiro atoms. The zero-order valence-corrected chi connectivity index (χ0v) is 12.9. The van der Waals surface area contributed by atoms with E-state index in [1.54, 1.807) is 20.0 Å². The highest BCUT2D eigenvalue weighted by Gasteiger charge is 2.17. The summed E-state index contributed by atoms with van der Waals surface area (Å²) < 4.78 is 4.90. The number of likely N-dealkylation sites (N-methyl/N-ethyl adjacent to an activating group) is 1. The second kappa shape index (κ2) is 9.07. The van der Waals surface area contributed by atoms with Crippen LogP contribution in [0.1, 0.15) is 33.3 Å². The van der Waals surface area contributed by atoms with E-state index in [1.807, 2.05) is 20.8 Å². The minimum Gasteiger partial charge on any atom is -0.504 e. The molecule has 0 heterocycles. The number of carbonyl (C=O) groups is 1. The molecule has 20 heavy (non-hydrogen) atoms. The summed E-state index contributed by atoms with van der Waals surface area (Å²) in [6.45, 7) is 7.99. The molecule has 5 heteroatoms. The number of hydrogen-bond donors (Lipinski definition) is 2. The van der Waals surface area contributed by atoms with Gasteiger partial charge in [-0.2, -0.15) is 0 Å². The quantitative estimate of drug-likeness (QED) is 0.833. The molecule has 0 saturated carbocycles. The van der Waals surface area contributed by atoms with Gasteiger partial charge in [0.2, 0.25) is 0 Å². The van der Waals surface area contributed by atoms with E-state index in [9.17, 15) is 15.0 Å². The Morgan fingerprint density at radius 2 is 1.90 bits per heavy atom. The van der Waals surface area contributed by atoms with Crippen molar-refractivity contribution >= 4 is 6.09 Å². The Balaban J connectivity index is 0.00000172. The molecule has 1 atom stereocenters. The minimum absolute atomic E-state index is 0.0620. The van der Waals surface area contributed by atoms with Crippen molar-refractivity contribution in [2.24, 2.45) is 0 Å². The molecule has 0 aliphatic carbocycles. The summed E-state index contributed by atoms with van der Waals surface area (Å²) in [6.07, 6.45) is 0.205. The first kappa shape index (κ1) is 18.1. The number of carbonyl (C=O) groups excluding carboxylic acids is 1. The van der Waals surface area contributed by atoms with Gasteiger partial charge in [-0.1, -0.05) is 19.9 Å². The van der Waals surface area contributed by atoms with Crippen LogP contribution < -0.4 is 0 Å². The molecule has 1 rings (SSSR count). The molecule has 0 fully saturated rings. The number of phenols is 2. The van der Waals surface area contributed by atoms with Crippen LogP contribution in [0.5, 0.6) is 11.5 Å². The van der Waals surface area contributed by atoms with Crippen molar-refractivity contribution in [3.63, 3.8) is 0 Å². The van der Waals surface area contributed by atoms with Gasteiger partial charge in [0.15, 0.2) is 11.5 Å². The van der Waals surface area contributed by atoms with Gasteiger partial charge in [0.1, 0.15) is 0 Å². The van der Waals surface area contributed by atoms with Gasteiger partial charge >= 0.3 is 6.09 Å². The summed E-state index contributed by atoms with van der Waals surface area (Å²) in [5.74, 6) is -0.302. The SMILES string of the molecule is CC.CCOC(=O)N(C)C(C)Cc1ccc(O)c(O)c1. The maximum absolute atomic E-state index is 11.5. The summed E-state index contributed by atoms with van der Waals surface area (Å²) in [4.78, 5) is 13.0. The van der Waals surface area contributed by atoms with Gasteiger partial charge < -0.3 is 19.8 Å². The highest BCUT2D eigenvalue weighted by Crippen LogP contribution is 2.25. The fourth-order valence-corrected chi connectivity index (χ4v) is 1.58. The van der Waals surface area contributed by atoms with Crippen LogP contribution in [-0.2, 0) is 11.2 Å². The zero-order chi connectivity index (χ0) is 15.7. The Hall–Kier alpha value is -1.91. The van der Waals surface area contributed by atoms with E-state index >= 15 is 0 Å². The van der Waals surface area contributed by atoms with Crippen molar-refractivity contribution in [2.75, 3.05) is 13.7 Å². The van der Waals surface area contributed by atoms with Crippen LogP contribution in [0.2, 0.25) is 0 Å². The molecular weight excluding hydrogens is 258 g/mol. The first-order chi connectivity index (χ1) is 9.45. The number of amides is 1. The largest absolute Gasteiger partial charge is 0.504 e. The van der Waals surface area contributed by atoms with Crippen LogP contribution in [0.15, 0.2) is 18.2 Å². The molecule has 1 aromatic carbocycles. The van der Waals surface area contributed by atoms with Crippen LogP contribution in [-0.4, -0.2) is 40.9 Å². The average molecular weight is 283 g/mol. The molecule has 1 aromatic rings. The number of phenolic OH excluding ortho intramolecular Hbond substituents is 2. The minimum atomic E-state index is -0.368. The van der Waals surface area contributed by atoms with Crippen LogP contribution in [0.4, 0.5) is 4.79 Å². The van der Waals surface area contributed by atoms with Gasteiger partial charge in [0, 0.05) is 13.1 Å². The fourth-order valence-electron chi connectivity index (χ4n) is 1.58. The molecule has 1 unspecified atom stereocenters. The maximum Gasteiger partial charge on any atom is 0.409 e. The molecule has 114 valence electrons. The molecule has 0 saturated heterocycles. The summed E-state index contributed by atoms with van der Waals surface area (Å²) >= 11 is 0.